The first-order valence-corrected chi connectivity index (χ1v) is 12.0. The molecule has 7 nitrogen and oxygen atoms in total. The second kappa shape index (κ2) is 9.39. The molecule has 2 aromatic carbocycles. The lowest BCUT2D eigenvalue weighted by Gasteiger charge is -2.14. The van der Waals surface area contributed by atoms with E-state index in [0.717, 1.165) is 12.1 Å². The Labute approximate surface area is 201 Å². The maximum atomic E-state index is 14.3. The van der Waals surface area contributed by atoms with Crippen LogP contribution in [0, 0.1) is 11.6 Å². The third-order valence-electron chi connectivity index (χ3n) is 5.20. The van der Waals surface area contributed by atoms with Crippen molar-refractivity contribution in [2.24, 2.45) is 7.05 Å². The molecule has 4 aromatic rings. The SMILES string of the molecule is Cn1cc(-c2cc(CNS(=O)(=O)CC(F)(F)F)ccc2Oc2ccc(F)cc2F)c2cc[nH]c(=O)c21. The summed E-state index contributed by atoms with van der Waals surface area (Å²) in [4.78, 5) is 14.9. The van der Waals surface area contributed by atoms with E-state index < -0.39 is 40.1 Å². The van der Waals surface area contributed by atoms with Crippen LogP contribution in [0.4, 0.5) is 22.0 Å². The van der Waals surface area contributed by atoms with Crippen LogP contribution in [0.2, 0.25) is 0 Å². The quantitative estimate of drug-likeness (QED) is 0.344. The fourth-order valence-electron chi connectivity index (χ4n) is 3.70. The van der Waals surface area contributed by atoms with Crippen LogP contribution in [0.15, 0.2) is 59.7 Å². The molecule has 0 aliphatic carbocycles. The Bertz CT molecular complexity index is 1610. The lowest BCUT2D eigenvalue weighted by Crippen LogP contribution is -2.33. The second-order valence-corrected chi connectivity index (χ2v) is 9.73. The van der Waals surface area contributed by atoms with Gasteiger partial charge >= 0.3 is 6.18 Å². The second-order valence-electron chi connectivity index (χ2n) is 7.93. The third-order valence-corrected chi connectivity index (χ3v) is 6.49. The molecule has 0 aliphatic rings. The van der Waals surface area contributed by atoms with Gasteiger partial charge in [0.05, 0.1) is 0 Å². The van der Waals surface area contributed by atoms with Gasteiger partial charge in [0.25, 0.3) is 5.56 Å². The van der Waals surface area contributed by atoms with E-state index in [9.17, 15) is 35.2 Å². The van der Waals surface area contributed by atoms with Crippen molar-refractivity contribution in [2.75, 3.05) is 5.75 Å². The first-order valence-electron chi connectivity index (χ1n) is 10.3. The summed E-state index contributed by atoms with van der Waals surface area (Å²) in [7, 11) is -3.04. The van der Waals surface area contributed by atoms with Crippen molar-refractivity contribution in [2.45, 2.75) is 12.7 Å². The Morgan fingerprint density at radius 1 is 1.03 bits per heavy atom. The monoisotopic (exact) mass is 527 g/mol. The normalized spacial score (nSPS) is 12.3. The highest BCUT2D eigenvalue weighted by Gasteiger charge is 2.34. The number of nitrogens with one attached hydrogen (secondary N) is 2. The van der Waals surface area contributed by atoms with E-state index >= 15 is 0 Å². The van der Waals surface area contributed by atoms with E-state index in [0.29, 0.717) is 28.1 Å². The molecular formula is C23H18F5N3O4S. The van der Waals surface area contributed by atoms with Gasteiger partial charge in [0.15, 0.2) is 17.3 Å². The minimum absolute atomic E-state index is 0.0789. The number of ether oxygens (including phenoxy) is 1. The molecular weight excluding hydrogens is 509 g/mol. The minimum atomic E-state index is -4.91. The lowest BCUT2D eigenvalue weighted by molar-refractivity contribution is -0.106. The van der Waals surface area contributed by atoms with Gasteiger partial charge in [0.1, 0.15) is 17.1 Å². The Hall–Kier alpha value is -3.71. The van der Waals surface area contributed by atoms with E-state index in [2.05, 4.69) is 4.98 Å². The number of nitrogens with zero attached hydrogens (tertiary/aromatic N) is 1. The van der Waals surface area contributed by atoms with Gasteiger partial charge in [0.2, 0.25) is 10.0 Å². The van der Waals surface area contributed by atoms with Crippen molar-refractivity contribution in [1.29, 1.82) is 0 Å². The first-order chi connectivity index (χ1) is 16.8. The highest BCUT2D eigenvalue weighted by Crippen LogP contribution is 2.38. The smallest absolute Gasteiger partial charge is 0.404 e. The zero-order valence-corrected chi connectivity index (χ0v) is 19.3. The van der Waals surface area contributed by atoms with Gasteiger partial charge in [0, 0.05) is 48.6 Å². The number of benzene rings is 2. The fraction of sp³-hybridized carbons (Fsp3) is 0.174. The first kappa shape index (κ1) is 25.4. The number of H-pyrrole nitrogens is 1. The molecule has 2 heterocycles. The van der Waals surface area contributed by atoms with E-state index in [1.165, 1.54) is 24.4 Å². The van der Waals surface area contributed by atoms with Crippen LogP contribution in [0.5, 0.6) is 11.5 Å². The highest BCUT2D eigenvalue weighted by atomic mass is 32.2. The van der Waals surface area contributed by atoms with Crippen LogP contribution in [0.1, 0.15) is 5.56 Å². The van der Waals surface area contributed by atoms with Gasteiger partial charge in [-0.15, -0.1) is 0 Å². The van der Waals surface area contributed by atoms with Crippen LogP contribution >= 0.6 is 0 Å². The molecule has 190 valence electrons. The van der Waals surface area contributed by atoms with E-state index in [1.54, 1.807) is 23.9 Å². The Kier molecular flexibility index (Phi) is 6.62. The molecule has 0 saturated heterocycles. The molecule has 0 spiro atoms. The van der Waals surface area contributed by atoms with E-state index in [-0.39, 0.29) is 22.6 Å². The number of rotatable bonds is 7. The Morgan fingerprint density at radius 2 is 1.75 bits per heavy atom. The minimum Gasteiger partial charge on any atom is -0.454 e. The lowest BCUT2D eigenvalue weighted by atomic mass is 10.0. The zero-order chi connectivity index (χ0) is 26.3. The summed E-state index contributed by atoms with van der Waals surface area (Å²) < 4.78 is 97.9. The average molecular weight is 527 g/mol. The van der Waals surface area contributed by atoms with Gasteiger partial charge in [-0.2, -0.15) is 13.2 Å². The van der Waals surface area contributed by atoms with Crippen LogP contribution in [-0.4, -0.2) is 29.9 Å². The average Bonchev–Trinajstić information content (AvgIpc) is 3.11. The van der Waals surface area contributed by atoms with Gasteiger partial charge in [-0.3, -0.25) is 4.79 Å². The van der Waals surface area contributed by atoms with Crippen LogP contribution in [0.3, 0.4) is 0 Å². The van der Waals surface area contributed by atoms with Crippen molar-refractivity contribution in [3.8, 4) is 22.6 Å². The van der Waals surface area contributed by atoms with Crippen molar-refractivity contribution >= 4 is 20.9 Å². The molecule has 0 atom stereocenters. The standard InChI is InChI=1S/C23H18F5N3O4S/c1-31-11-17(15-6-7-29-22(32)21(15)31)16-8-13(10-30-36(33,34)12-23(26,27)28)2-4-19(16)35-20-5-3-14(24)9-18(20)25/h2-9,11,30H,10,12H2,1H3,(H,29,32). The molecule has 0 aliphatic heterocycles. The molecule has 0 fully saturated rings. The van der Waals surface area contributed by atoms with E-state index in [4.69, 9.17) is 4.74 Å². The van der Waals surface area contributed by atoms with E-state index in [1.807, 2.05) is 4.72 Å². The van der Waals surface area contributed by atoms with Crippen molar-refractivity contribution in [3.05, 3.63) is 82.4 Å². The fourth-order valence-corrected chi connectivity index (χ4v) is 4.62. The number of aromatic amines is 1. The van der Waals surface area contributed by atoms with Gasteiger partial charge in [-0.25, -0.2) is 21.9 Å². The number of alkyl halides is 3. The number of sulfonamides is 1. The maximum absolute atomic E-state index is 14.3. The number of halogens is 5. The molecule has 0 saturated carbocycles. The topological polar surface area (TPSA) is 93.2 Å². The molecule has 13 heteroatoms. The van der Waals surface area contributed by atoms with Crippen molar-refractivity contribution < 1.29 is 35.1 Å². The number of hydrogen-bond acceptors (Lipinski definition) is 4. The number of aryl methyl sites for hydroxylation is 1. The Morgan fingerprint density at radius 3 is 2.44 bits per heavy atom. The number of fused-ring (bicyclic) bond motifs is 1. The molecule has 0 amide bonds. The summed E-state index contributed by atoms with van der Waals surface area (Å²) in [5.41, 5.74) is 0.940. The molecule has 36 heavy (non-hydrogen) atoms. The predicted octanol–water partition coefficient (Wildman–Crippen LogP) is 4.59. The predicted molar refractivity (Wildman–Crippen MR) is 122 cm³/mol. The van der Waals surface area contributed by atoms with Crippen LogP contribution < -0.4 is 15.0 Å². The molecule has 4 rings (SSSR count). The van der Waals surface area contributed by atoms with Crippen molar-refractivity contribution in [1.82, 2.24) is 14.3 Å². The zero-order valence-electron chi connectivity index (χ0n) is 18.5. The summed E-state index contributed by atoms with van der Waals surface area (Å²) >= 11 is 0. The summed E-state index contributed by atoms with van der Waals surface area (Å²) in [5, 5.41) is 0.487. The van der Waals surface area contributed by atoms with Gasteiger partial charge in [-0.1, -0.05) is 6.07 Å². The number of hydrogen-bond donors (Lipinski definition) is 2. The summed E-state index contributed by atoms with van der Waals surface area (Å²) in [6, 6.07) is 8.54. The largest absolute Gasteiger partial charge is 0.454 e. The molecule has 2 N–H and O–H groups in total. The summed E-state index contributed by atoms with van der Waals surface area (Å²) in [5.74, 6) is -4.04. The molecule has 0 unspecified atom stereocenters. The highest BCUT2D eigenvalue weighted by molar-refractivity contribution is 7.89. The van der Waals surface area contributed by atoms with Crippen molar-refractivity contribution in [3.63, 3.8) is 0 Å². The van der Waals surface area contributed by atoms with Gasteiger partial charge in [-0.05, 0) is 35.9 Å². The summed E-state index contributed by atoms with van der Waals surface area (Å²) in [6.45, 7) is -0.470. The molecule has 0 radical (unpaired) electrons. The third kappa shape index (κ3) is 5.57. The van der Waals surface area contributed by atoms with Crippen LogP contribution in [0.25, 0.3) is 22.0 Å². The molecule has 0 bridgehead atoms. The van der Waals surface area contributed by atoms with Gasteiger partial charge < -0.3 is 14.3 Å². The number of aromatic nitrogens is 2. The Balaban J connectivity index is 1.79. The maximum Gasteiger partial charge on any atom is 0.404 e. The molecule has 2 aromatic heterocycles. The van der Waals surface area contributed by atoms with Crippen LogP contribution in [-0.2, 0) is 23.6 Å². The number of pyridine rings is 1. The summed E-state index contributed by atoms with van der Waals surface area (Å²) in [6.07, 6.45) is -1.89.